The quantitative estimate of drug-likeness (QED) is 0.720. The predicted octanol–water partition coefficient (Wildman–Crippen LogP) is 3.67. The zero-order valence-electron chi connectivity index (χ0n) is 16.5. The van der Waals surface area contributed by atoms with Crippen LogP contribution in [-0.2, 0) is 21.4 Å². The average molecular weight is 472 g/mol. The van der Waals surface area contributed by atoms with E-state index in [4.69, 9.17) is 23.2 Å². The highest BCUT2D eigenvalue weighted by Gasteiger charge is 2.27. The lowest BCUT2D eigenvalue weighted by Crippen LogP contribution is -2.32. The number of sulfonamides is 1. The number of aryl methyl sites for hydroxylation is 1. The van der Waals surface area contributed by atoms with Crippen LogP contribution in [0.2, 0.25) is 10.0 Å². The number of nitrogens with zero attached hydrogens (tertiary/aromatic N) is 2. The summed E-state index contributed by atoms with van der Waals surface area (Å²) in [6, 6.07) is 6.18. The van der Waals surface area contributed by atoms with Gasteiger partial charge in [-0.15, -0.1) is 0 Å². The maximum Gasteiger partial charge on any atom is 0.271 e. The molecule has 1 aromatic heterocycles. The summed E-state index contributed by atoms with van der Waals surface area (Å²) in [5.41, 5.74) is 0.373. The van der Waals surface area contributed by atoms with E-state index >= 15 is 0 Å². The molecule has 2 heterocycles. The Morgan fingerprint density at radius 2 is 1.77 bits per heavy atom. The van der Waals surface area contributed by atoms with Gasteiger partial charge < -0.3 is 9.88 Å². The van der Waals surface area contributed by atoms with Gasteiger partial charge in [0.25, 0.3) is 5.56 Å². The summed E-state index contributed by atoms with van der Waals surface area (Å²) < 4.78 is 28.9. The van der Waals surface area contributed by atoms with Crippen LogP contribution in [0, 0.1) is 6.92 Å². The first kappa shape index (κ1) is 22.8. The number of pyridine rings is 1. The lowest BCUT2D eigenvalue weighted by atomic mass is 10.2. The Morgan fingerprint density at radius 3 is 2.43 bits per heavy atom. The van der Waals surface area contributed by atoms with Gasteiger partial charge in [-0.25, -0.2) is 8.42 Å². The Morgan fingerprint density at radius 1 is 1.10 bits per heavy atom. The van der Waals surface area contributed by atoms with Crippen molar-refractivity contribution in [3.63, 3.8) is 0 Å². The Hall–Kier alpha value is -1.87. The Balaban J connectivity index is 1.80. The second kappa shape index (κ2) is 9.51. The number of hydrogen-bond acceptors (Lipinski definition) is 4. The van der Waals surface area contributed by atoms with Gasteiger partial charge in [-0.1, -0.05) is 42.1 Å². The first-order valence-corrected chi connectivity index (χ1v) is 11.8. The third-order valence-electron chi connectivity index (χ3n) is 5.03. The molecule has 10 heteroatoms. The monoisotopic (exact) mass is 471 g/mol. The van der Waals surface area contributed by atoms with Crippen LogP contribution in [0.25, 0.3) is 0 Å². The van der Waals surface area contributed by atoms with Crippen molar-refractivity contribution in [2.75, 3.05) is 18.4 Å². The largest absolute Gasteiger partial charge is 0.324 e. The van der Waals surface area contributed by atoms with Gasteiger partial charge in [0.05, 0.1) is 9.92 Å². The van der Waals surface area contributed by atoms with E-state index in [1.807, 2.05) is 0 Å². The first-order valence-electron chi connectivity index (χ1n) is 9.65. The minimum Gasteiger partial charge on any atom is -0.324 e. The van der Waals surface area contributed by atoms with Crippen LogP contribution in [0.4, 0.5) is 5.69 Å². The van der Waals surface area contributed by atoms with E-state index in [1.54, 1.807) is 19.1 Å². The third kappa shape index (κ3) is 5.06. The maximum absolute atomic E-state index is 13.1. The van der Waals surface area contributed by atoms with Gasteiger partial charge >= 0.3 is 0 Å². The summed E-state index contributed by atoms with van der Waals surface area (Å²) in [5.74, 6) is -0.488. The topological polar surface area (TPSA) is 88.5 Å². The van der Waals surface area contributed by atoms with E-state index < -0.39 is 21.5 Å². The molecule has 0 spiro atoms. The lowest BCUT2D eigenvalue weighted by Gasteiger charge is -2.21. The summed E-state index contributed by atoms with van der Waals surface area (Å²) in [4.78, 5) is 24.7. The SMILES string of the molecule is Cc1ccc(NC(=O)Cn2ccc(Cl)c(Cl)c2=O)cc1S(=O)(=O)N1CCCCCC1. The first-order chi connectivity index (χ1) is 14.2. The number of anilines is 1. The summed E-state index contributed by atoms with van der Waals surface area (Å²) in [5, 5.41) is 2.60. The molecule has 1 N–H and O–H groups in total. The molecule has 30 heavy (non-hydrogen) atoms. The van der Waals surface area contributed by atoms with Crippen molar-refractivity contribution in [2.45, 2.75) is 44.0 Å². The molecule has 162 valence electrons. The van der Waals surface area contributed by atoms with Gasteiger partial charge in [-0.05, 0) is 43.5 Å². The number of hydrogen-bond donors (Lipinski definition) is 1. The van der Waals surface area contributed by atoms with Crippen molar-refractivity contribution in [1.29, 1.82) is 0 Å². The molecule has 1 saturated heterocycles. The number of carbonyl (C=O) groups excluding carboxylic acids is 1. The molecule has 1 aliphatic heterocycles. The predicted molar refractivity (Wildman–Crippen MR) is 118 cm³/mol. The van der Waals surface area contributed by atoms with E-state index in [-0.39, 0.29) is 21.5 Å². The van der Waals surface area contributed by atoms with Crippen LogP contribution < -0.4 is 10.9 Å². The molecule has 0 bridgehead atoms. The molecule has 2 aromatic rings. The molecule has 1 amide bonds. The molecule has 1 fully saturated rings. The maximum atomic E-state index is 13.1. The average Bonchev–Trinajstić information content (AvgIpc) is 3.00. The summed E-state index contributed by atoms with van der Waals surface area (Å²) in [7, 11) is -3.66. The second-order valence-corrected chi connectivity index (χ2v) is 9.95. The molecule has 7 nitrogen and oxygen atoms in total. The van der Waals surface area contributed by atoms with Crippen molar-refractivity contribution in [2.24, 2.45) is 0 Å². The number of nitrogens with one attached hydrogen (secondary N) is 1. The van der Waals surface area contributed by atoms with E-state index in [9.17, 15) is 18.0 Å². The van der Waals surface area contributed by atoms with Crippen LogP contribution >= 0.6 is 23.2 Å². The molecule has 1 aromatic carbocycles. The van der Waals surface area contributed by atoms with E-state index in [0.717, 1.165) is 30.3 Å². The van der Waals surface area contributed by atoms with Crippen molar-refractivity contribution in [3.8, 4) is 0 Å². The van der Waals surface area contributed by atoms with Crippen LogP contribution in [0.15, 0.2) is 40.2 Å². The molecule has 0 radical (unpaired) electrons. The Bertz CT molecular complexity index is 1110. The molecule has 0 atom stereocenters. The Kier molecular flexibility index (Phi) is 7.23. The normalized spacial score (nSPS) is 15.6. The van der Waals surface area contributed by atoms with Crippen molar-refractivity contribution >= 4 is 44.8 Å². The summed E-state index contributed by atoms with van der Waals surface area (Å²) >= 11 is 11.6. The number of benzene rings is 1. The minimum atomic E-state index is -3.66. The molecule has 0 aliphatic carbocycles. The van der Waals surface area contributed by atoms with E-state index in [1.165, 1.54) is 22.6 Å². The fourth-order valence-electron chi connectivity index (χ4n) is 3.38. The fraction of sp³-hybridized carbons (Fsp3) is 0.400. The van der Waals surface area contributed by atoms with Gasteiger partial charge in [-0.3, -0.25) is 9.59 Å². The summed E-state index contributed by atoms with van der Waals surface area (Å²) in [6.45, 7) is 2.45. The zero-order valence-corrected chi connectivity index (χ0v) is 18.9. The smallest absolute Gasteiger partial charge is 0.271 e. The van der Waals surface area contributed by atoms with Crippen molar-refractivity contribution in [1.82, 2.24) is 8.87 Å². The van der Waals surface area contributed by atoms with Crippen LogP contribution in [-0.4, -0.2) is 36.3 Å². The van der Waals surface area contributed by atoms with Gasteiger partial charge in [0.1, 0.15) is 11.6 Å². The van der Waals surface area contributed by atoms with Crippen LogP contribution in [0.1, 0.15) is 31.2 Å². The fourth-order valence-corrected chi connectivity index (χ4v) is 5.46. The highest BCUT2D eigenvalue weighted by Crippen LogP contribution is 2.26. The highest BCUT2D eigenvalue weighted by molar-refractivity contribution is 7.89. The summed E-state index contributed by atoms with van der Waals surface area (Å²) in [6.07, 6.45) is 5.10. The second-order valence-electron chi connectivity index (χ2n) is 7.26. The van der Waals surface area contributed by atoms with Gasteiger partial charge in [0, 0.05) is 25.0 Å². The van der Waals surface area contributed by atoms with Gasteiger partial charge in [0.15, 0.2) is 0 Å². The van der Waals surface area contributed by atoms with Gasteiger partial charge in [-0.2, -0.15) is 4.31 Å². The van der Waals surface area contributed by atoms with Crippen molar-refractivity contribution < 1.29 is 13.2 Å². The standard InChI is InChI=1S/C20H23Cl2N3O4S/c1-14-6-7-15(12-17(14)30(28,29)25-9-4-2-3-5-10-25)23-18(26)13-24-11-8-16(21)19(22)20(24)27/h6-8,11-12H,2-5,9-10,13H2,1H3,(H,23,26). The Labute approximate surface area is 185 Å². The molecular formula is C20H23Cl2N3O4S. The number of halogens is 2. The molecular weight excluding hydrogens is 449 g/mol. The number of rotatable bonds is 5. The number of amides is 1. The van der Waals surface area contributed by atoms with E-state index in [2.05, 4.69) is 5.32 Å². The molecule has 0 unspecified atom stereocenters. The van der Waals surface area contributed by atoms with E-state index in [0.29, 0.717) is 24.3 Å². The highest BCUT2D eigenvalue weighted by atomic mass is 35.5. The van der Waals surface area contributed by atoms with Crippen LogP contribution in [0.5, 0.6) is 0 Å². The molecule has 1 aliphatic rings. The zero-order chi connectivity index (χ0) is 21.9. The molecule has 3 rings (SSSR count). The van der Waals surface area contributed by atoms with Gasteiger partial charge in [0.2, 0.25) is 15.9 Å². The minimum absolute atomic E-state index is 0.111. The van der Waals surface area contributed by atoms with Crippen molar-refractivity contribution in [3.05, 3.63) is 56.4 Å². The number of carbonyl (C=O) groups is 1. The molecule has 0 saturated carbocycles. The number of aromatic nitrogens is 1. The lowest BCUT2D eigenvalue weighted by molar-refractivity contribution is -0.116. The van der Waals surface area contributed by atoms with Crippen LogP contribution in [0.3, 0.4) is 0 Å². The third-order valence-corrected chi connectivity index (χ3v) is 7.85.